The molecule has 2 atom stereocenters. The molecule has 0 bridgehead atoms. The molecule has 0 spiro atoms. The number of ether oxygens (including phenoxy) is 1. The van der Waals surface area contributed by atoms with E-state index in [4.69, 9.17) is 12.2 Å². The lowest BCUT2D eigenvalue weighted by molar-refractivity contribution is -0.274. The molecule has 5 rings (SSSR count). The summed E-state index contributed by atoms with van der Waals surface area (Å²) >= 11 is 5.53. The monoisotopic (exact) mass is 431 g/mol. The number of hydrogen-bond donors (Lipinski definition) is 1. The van der Waals surface area contributed by atoms with Crippen LogP contribution in [0.15, 0.2) is 48.5 Å². The molecule has 1 fully saturated rings. The molecule has 2 aromatic carbocycles. The third-order valence-electron chi connectivity index (χ3n) is 5.66. The SMILES string of the molecule is CN1C(=O)[C@@H]2Cc3c([nH]c4ccccc34)[C@@H](c3cccc(OC(F)(F)F)c3)N2C1=S. The lowest BCUT2D eigenvalue weighted by atomic mass is 9.89. The summed E-state index contributed by atoms with van der Waals surface area (Å²) in [5.41, 5.74) is 3.26. The molecule has 9 heteroatoms. The molecule has 0 radical (unpaired) electrons. The largest absolute Gasteiger partial charge is 0.573 e. The first kappa shape index (κ1) is 18.9. The second-order valence-corrected chi connectivity index (χ2v) is 7.76. The van der Waals surface area contributed by atoms with Crippen LogP contribution in [0.3, 0.4) is 0 Å². The number of halogens is 3. The van der Waals surface area contributed by atoms with Crippen molar-refractivity contribution in [2.24, 2.45) is 0 Å². The Morgan fingerprint density at radius 3 is 2.70 bits per heavy atom. The number of likely N-dealkylation sites (N-methyl/N-ethyl adjacent to an activating group) is 1. The summed E-state index contributed by atoms with van der Waals surface area (Å²) in [6.07, 6.45) is -4.32. The van der Waals surface area contributed by atoms with Crippen molar-refractivity contribution < 1.29 is 22.7 Å². The smallest absolute Gasteiger partial charge is 0.406 e. The molecule has 1 aromatic heterocycles. The number of carbonyl (C=O) groups excluding carboxylic acids is 1. The van der Waals surface area contributed by atoms with Gasteiger partial charge in [-0.25, -0.2) is 0 Å². The fourth-order valence-electron chi connectivity index (χ4n) is 4.43. The van der Waals surface area contributed by atoms with Gasteiger partial charge in [-0.05, 0) is 41.5 Å². The van der Waals surface area contributed by atoms with Crippen LogP contribution in [0.5, 0.6) is 5.75 Å². The highest BCUT2D eigenvalue weighted by atomic mass is 32.1. The Kier molecular flexibility index (Phi) is 4.08. The van der Waals surface area contributed by atoms with Gasteiger partial charge in [0.25, 0.3) is 5.91 Å². The summed E-state index contributed by atoms with van der Waals surface area (Å²) in [4.78, 5) is 19.5. The maximum Gasteiger partial charge on any atom is 0.573 e. The van der Waals surface area contributed by atoms with E-state index in [2.05, 4.69) is 9.72 Å². The van der Waals surface area contributed by atoms with Gasteiger partial charge in [0.1, 0.15) is 11.8 Å². The van der Waals surface area contributed by atoms with Crippen molar-refractivity contribution in [1.29, 1.82) is 0 Å². The van der Waals surface area contributed by atoms with Gasteiger partial charge in [-0.1, -0.05) is 30.3 Å². The average molecular weight is 431 g/mol. The summed E-state index contributed by atoms with van der Waals surface area (Å²) in [6.45, 7) is 0. The second-order valence-electron chi connectivity index (χ2n) is 7.39. The van der Waals surface area contributed by atoms with Gasteiger partial charge in [-0.3, -0.25) is 9.69 Å². The summed E-state index contributed by atoms with van der Waals surface area (Å²) in [6, 6.07) is 12.5. The van der Waals surface area contributed by atoms with Crippen LogP contribution in [0.4, 0.5) is 13.2 Å². The predicted octanol–water partition coefficient (Wildman–Crippen LogP) is 4.14. The highest BCUT2D eigenvalue weighted by Crippen LogP contribution is 2.44. The van der Waals surface area contributed by atoms with Gasteiger partial charge in [-0.2, -0.15) is 0 Å². The number of thiocarbonyl (C=S) groups is 1. The Morgan fingerprint density at radius 1 is 1.17 bits per heavy atom. The van der Waals surface area contributed by atoms with E-state index < -0.39 is 18.4 Å². The first-order chi connectivity index (χ1) is 14.2. The zero-order valence-electron chi connectivity index (χ0n) is 15.7. The minimum Gasteiger partial charge on any atom is -0.406 e. The number of nitrogens with one attached hydrogen (secondary N) is 1. The molecule has 0 aliphatic carbocycles. The molecular formula is C21H16F3N3O2S. The first-order valence-electron chi connectivity index (χ1n) is 9.29. The van der Waals surface area contributed by atoms with E-state index in [1.54, 1.807) is 13.1 Å². The summed E-state index contributed by atoms with van der Waals surface area (Å²) in [5.74, 6) is -0.437. The zero-order valence-corrected chi connectivity index (χ0v) is 16.6. The molecule has 3 aromatic rings. The van der Waals surface area contributed by atoms with E-state index in [0.29, 0.717) is 17.1 Å². The van der Waals surface area contributed by atoms with Crippen LogP contribution in [0.1, 0.15) is 22.9 Å². The number of fused-ring (bicyclic) bond motifs is 4. The van der Waals surface area contributed by atoms with Crippen LogP contribution in [0.25, 0.3) is 10.9 Å². The molecule has 1 N–H and O–H groups in total. The number of aromatic nitrogens is 1. The zero-order chi connectivity index (χ0) is 21.2. The number of para-hydroxylation sites is 1. The Morgan fingerprint density at radius 2 is 1.93 bits per heavy atom. The van der Waals surface area contributed by atoms with Crippen LogP contribution in [-0.2, 0) is 11.2 Å². The van der Waals surface area contributed by atoms with E-state index >= 15 is 0 Å². The second kappa shape index (κ2) is 6.46. The number of benzene rings is 2. The number of H-pyrrole nitrogens is 1. The van der Waals surface area contributed by atoms with Gasteiger partial charge in [-0.15, -0.1) is 13.2 Å². The molecule has 0 unspecified atom stereocenters. The van der Waals surface area contributed by atoms with Crippen molar-refractivity contribution in [2.45, 2.75) is 24.9 Å². The standard InChI is InChI=1S/C21H16F3N3O2S/c1-26-19(28)16-10-14-13-7-2-3-8-15(13)25-17(14)18(27(16)20(26)30)11-5-4-6-12(9-11)29-21(22,23)24/h2-9,16,18,25H,10H2,1H3/t16-,18+/m0/s1. The van der Waals surface area contributed by atoms with Crippen molar-refractivity contribution >= 4 is 34.1 Å². The summed E-state index contributed by atoms with van der Waals surface area (Å²) < 4.78 is 42.4. The predicted molar refractivity (Wildman–Crippen MR) is 108 cm³/mol. The lowest BCUT2D eigenvalue weighted by Gasteiger charge is -2.37. The van der Waals surface area contributed by atoms with Gasteiger partial charge in [0.15, 0.2) is 5.11 Å². The van der Waals surface area contributed by atoms with Crippen LogP contribution < -0.4 is 4.74 Å². The topological polar surface area (TPSA) is 48.6 Å². The summed E-state index contributed by atoms with van der Waals surface area (Å²) in [5, 5.41) is 1.34. The fraction of sp³-hybridized carbons (Fsp3) is 0.238. The third-order valence-corrected chi connectivity index (χ3v) is 6.15. The quantitative estimate of drug-likeness (QED) is 0.620. The van der Waals surface area contributed by atoms with Gasteiger partial charge in [0.2, 0.25) is 0 Å². The van der Waals surface area contributed by atoms with Gasteiger partial charge >= 0.3 is 6.36 Å². The van der Waals surface area contributed by atoms with Crippen molar-refractivity contribution in [2.75, 3.05) is 7.05 Å². The van der Waals surface area contributed by atoms with Gasteiger partial charge < -0.3 is 14.6 Å². The number of nitrogens with zero attached hydrogens (tertiary/aromatic N) is 2. The van der Waals surface area contributed by atoms with E-state index in [-0.39, 0.29) is 11.7 Å². The minimum absolute atomic E-state index is 0.122. The Hall–Kier alpha value is -3.07. The van der Waals surface area contributed by atoms with E-state index in [1.165, 1.54) is 23.1 Å². The van der Waals surface area contributed by atoms with Gasteiger partial charge in [0, 0.05) is 30.1 Å². The highest BCUT2D eigenvalue weighted by molar-refractivity contribution is 7.80. The Balaban J connectivity index is 1.70. The minimum atomic E-state index is -4.79. The van der Waals surface area contributed by atoms with Crippen LogP contribution in [0.2, 0.25) is 0 Å². The molecule has 30 heavy (non-hydrogen) atoms. The van der Waals surface area contributed by atoms with E-state index in [1.807, 2.05) is 29.2 Å². The molecule has 0 saturated carbocycles. The van der Waals surface area contributed by atoms with E-state index in [9.17, 15) is 18.0 Å². The molecule has 5 nitrogen and oxygen atoms in total. The number of rotatable bonds is 2. The molecule has 1 amide bonds. The van der Waals surface area contributed by atoms with Gasteiger partial charge in [0.05, 0.1) is 6.04 Å². The first-order valence-corrected chi connectivity index (χ1v) is 9.70. The molecule has 2 aliphatic rings. The van der Waals surface area contributed by atoms with Crippen LogP contribution in [0, 0.1) is 0 Å². The average Bonchev–Trinajstić information content (AvgIpc) is 3.17. The maximum absolute atomic E-state index is 12.9. The molecule has 1 saturated heterocycles. The fourth-order valence-corrected chi connectivity index (χ4v) is 4.76. The maximum atomic E-state index is 12.9. The van der Waals surface area contributed by atoms with Crippen molar-refractivity contribution in [3.05, 3.63) is 65.4 Å². The number of aromatic amines is 1. The molecule has 2 aliphatic heterocycles. The van der Waals surface area contributed by atoms with E-state index in [0.717, 1.165) is 22.2 Å². The van der Waals surface area contributed by atoms with Crippen molar-refractivity contribution in [3.8, 4) is 5.75 Å². The molecule has 3 heterocycles. The normalized spacial score (nSPS) is 21.2. The highest BCUT2D eigenvalue weighted by Gasteiger charge is 2.49. The Bertz CT molecular complexity index is 1190. The third kappa shape index (κ3) is 2.84. The number of hydrogen-bond acceptors (Lipinski definition) is 3. The molecular weight excluding hydrogens is 415 g/mol. The summed E-state index contributed by atoms with van der Waals surface area (Å²) in [7, 11) is 1.62. The number of carbonyl (C=O) groups is 1. The van der Waals surface area contributed by atoms with Crippen molar-refractivity contribution in [3.63, 3.8) is 0 Å². The van der Waals surface area contributed by atoms with Crippen LogP contribution >= 0.6 is 12.2 Å². The number of amides is 1. The molecule has 154 valence electrons. The Labute approximate surface area is 175 Å². The van der Waals surface area contributed by atoms with Crippen LogP contribution in [-0.4, -0.2) is 45.3 Å². The lowest BCUT2D eigenvalue weighted by Crippen LogP contribution is -2.44. The van der Waals surface area contributed by atoms with Crippen molar-refractivity contribution in [1.82, 2.24) is 14.8 Å². The number of alkyl halides is 3.